The second-order valence-electron chi connectivity index (χ2n) is 6.01. The highest BCUT2D eigenvalue weighted by Crippen LogP contribution is 2.40. The normalized spacial score (nSPS) is 18.3. The summed E-state index contributed by atoms with van der Waals surface area (Å²) in [7, 11) is 0. The molecule has 3 N–H and O–H groups in total. The van der Waals surface area contributed by atoms with Gasteiger partial charge in [-0.3, -0.25) is 14.4 Å². The van der Waals surface area contributed by atoms with Crippen molar-refractivity contribution in [2.75, 3.05) is 16.0 Å². The Balaban J connectivity index is 1.51. The molecular formula is C17H18N4O4. The third-order valence-corrected chi connectivity index (χ3v) is 3.82. The maximum Gasteiger partial charge on any atom is 0.229 e. The van der Waals surface area contributed by atoms with Crippen LogP contribution < -0.4 is 16.0 Å². The van der Waals surface area contributed by atoms with Crippen LogP contribution in [0.3, 0.4) is 0 Å². The molecule has 8 nitrogen and oxygen atoms in total. The molecule has 1 aliphatic carbocycles. The summed E-state index contributed by atoms with van der Waals surface area (Å²) < 4.78 is 4.88. The number of anilines is 3. The number of carbonyl (C=O) groups is 3. The number of benzene rings is 1. The smallest absolute Gasteiger partial charge is 0.229 e. The molecular weight excluding hydrogens is 324 g/mol. The molecule has 2 atom stereocenters. The zero-order valence-corrected chi connectivity index (χ0v) is 13.8. The lowest BCUT2D eigenvalue weighted by Crippen LogP contribution is -2.20. The highest BCUT2D eigenvalue weighted by atomic mass is 16.5. The van der Waals surface area contributed by atoms with Gasteiger partial charge in [0.15, 0.2) is 5.82 Å². The first-order valence-corrected chi connectivity index (χ1v) is 7.85. The Hall–Kier alpha value is -3.16. The topological polar surface area (TPSA) is 113 Å². The second-order valence-corrected chi connectivity index (χ2v) is 6.01. The molecule has 3 amide bonds. The van der Waals surface area contributed by atoms with Crippen molar-refractivity contribution >= 4 is 34.9 Å². The zero-order chi connectivity index (χ0) is 18.0. The molecule has 25 heavy (non-hydrogen) atoms. The van der Waals surface area contributed by atoms with Gasteiger partial charge in [-0.1, -0.05) is 5.16 Å². The van der Waals surface area contributed by atoms with Gasteiger partial charge in [0, 0.05) is 24.4 Å². The summed E-state index contributed by atoms with van der Waals surface area (Å²) in [4.78, 5) is 35.3. The van der Waals surface area contributed by atoms with E-state index in [1.807, 2.05) is 0 Å². The fraction of sp³-hybridized carbons (Fsp3) is 0.294. The van der Waals surface area contributed by atoms with Crippen molar-refractivity contribution in [2.24, 2.45) is 11.8 Å². The summed E-state index contributed by atoms with van der Waals surface area (Å²) in [6.45, 7) is 3.15. The molecule has 2 unspecified atom stereocenters. The Morgan fingerprint density at radius 2 is 1.56 bits per heavy atom. The zero-order valence-electron chi connectivity index (χ0n) is 13.8. The van der Waals surface area contributed by atoms with Crippen LogP contribution in [-0.2, 0) is 14.4 Å². The van der Waals surface area contributed by atoms with E-state index in [0.29, 0.717) is 29.4 Å². The van der Waals surface area contributed by atoms with Crippen molar-refractivity contribution in [3.05, 3.63) is 36.1 Å². The first-order chi connectivity index (χ1) is 11.9. The fourth-order valence-corrected chi connectivity index (χ4v) is 2.49. The fourth-order valence-electron chi connectivity index (χ4n) is 2.49. The summed E-state index contributed by atoms with van der Waals surface area (Å²) in [5.74, 6) is -0.381. The lowest BCUT2D eigenvalue weighted by atomic mass is 10.2. The van der Waals surface area contributed by atoms with E-state index in [9.17, 15) is 14.4 Å². The van der Waals surface area contributed by atoms with Crippen molar-refractivity contribution in [3.8, 4) is 0 Å². The van der Waals surface area contributed by atoms with Gasteiger partial charge in [-0.15, -0.1) is 0 Å². The van der Waals surface area contributed by atoms with Gasteiger partial charge in [0.25, 0.3) is 0 Å². The molecule has 130 valence electrons. The van der Waals surface area contributed by atoms with Crippen LogP contribution in [0.2, 0.25) is 0 Å². The van der Waals surface area contributed by atoms with Gasteiger partial charge in [0.1, 0.15) is 5.76 Å². The minimum atomic E-state index is -0.365. The van der Waals surface area contributed by atoms with Gasteiger partial charge in [-0.2, -0.15) is 0 Å². The summed E-state index contributed by atoms with van der Waals surface area (Å²) >= 11 is 0. The Morgan fingerprint density at radius 1 is 1.00 bits per heavy atom. The van der Waals surface area contributed by atoms with Crippen LogP contribution in [0, 0.1) is 18.8 Å². The molecule has 2 aromatic rings. The van der Waals surface area contributed by atoms with Gasteiger partial charge in [0.05, 0.1) is 11.8 Å². The Kier molecular flexibility index (Phi) is 4.51. The molecule has 0 bridgehead atoms. The molecule has 1 saturated carbocycles. The Morgan fingerprint density at radius 3 is 2.08 bits per heavy atom. The lowest BCUT2D eigenvalue weighted by Gasteiger charge is -2.07. The number of nitrogens with zero attached hydrogens (tertiary/aromatic N) is 1. The molecule has 0 radical (unpaired) electrons. The first-order valence-electron chi connectivity index (χ1n) is 7.85. The Bertz CT molecular complexity index is 812. The predicted molar refractivity (Wildman–Crippen MR) is 90.8 cm³/mol. The van der Waals surface area contributed by atoms with E-state index < -0.39 is 0 Å². The monoisotopic (exact) mass is 342 g/mol. The van der Waals surface area contributed by atoms with E-state index in [1.54, 1.807) is 37.3 Å². The number of rotatable bonds is 5. The molecule has 1 fully saturated rings. The van der Waals surface area contributed by atoms with Crippen LogP contribution in [0.5, 0.6) is 0 Å². The van der Waals surface area contributed by atoms with E-state index in [-0.39, 0.29) is 29.6 Å². The van der Waals surface area contributed by atoms with Gasteiger partial charge in [-0.05, 0) is 37.6 Å². The quantitative estimate of drug-likeness (QED) is 0.770. The Labute approximate surface area is 144 Å². The van der Waals surface area contributed by atoms with Crippen LogP contribution >= 0.6 is 0 Å². The predicted octanol–water partition coefficient (Wildman–Crippen LogP) is 2.15. The molecule has 0 saturated heterocycles. The second kappa shape index (κ2) is 6.76. The molecule has 1 aromatic heterocycles. The maximum atomic E-state index is 12.2. The summed E-state index contributed by atoms with van der Waals surface area (Å²) in [6, 6.07) is 8.39. The number of carbonyl (C=O) groups excluding carboxylic acids is 3. The minimum absolute atomic E-state index is 0.161. The van der Waals surface area contributed by atoms with Crippen LogP contribution in [0.1, 0.15) is 19.1 Å². The van der Waals surface area contributed by atoms with Gasteiger partial charge < -0.3 is 20.5 Å². The molecule has 3 rings (SSSR count). The average molecular weight is 342 g/mol. The van der Waals surface area contributed by atoms with Crippen molar-refractivity contribution in [1.29, 1.82) is 0 Å². The highest BCUT2D eigenvalue weighted by Gasteiger charge is 2.48. The molecule has 1 aliphatic rings. The standard InChI is InChI=1S/C17H18N4O4/c1-9-7-15(21-25-9)20-17(24)14-8-13(14)16(23)19-12-5-3-11(4-6-12)18-10(2)22/h3-7,13-14H,8H2,1-2H3,(H,18,22)(H,19,23)(H,20,21,24). The van der Waals surface area contributed by atoms with Crippen molar-refractivity contribution in [2.45, 2.75) is 20.3 Å². The van der Waals surface area contributed by atoms with E-state index in [2.05, 4.69) is 21.1 Å². The van der Waals surface area contributed by atoms with E-state index in [4.69, 9.17) is 4.52 Å². The first kappa shape index (κ1) is 16.7. The van der Waals surface area contributed by atoms with Gasteiger partial charge in [0.2, 0.25) is 17.7 Å². The van der Waals surface area contributed by atoms with Crippen molar-refractivity contribution in [1.82, 2.24) is 5.16 Å². The SMILES string of the molecule is CC(=O)Nc1ccc(NC(=O)C2CC2C(=O)Nc2cc(C)on2)cc1. The van der Waals surface area contributed by atoms with E-state index in [1.165, 1.54) is 6.92 Å². The number of nitrogens with one attached hydrogen (secondary N) is 3. The molecule has 1 aromatic carbocycles. The average Bonchev–Trinajstić information content (AvgIpc) is 3.26. The lowest BCUT2D eigenvalue weighted by molar-refractivity contribution is -0.122. The summed E-state index contributed by atoms with van der Waals surface area (Å²) in [5.41, 5.74) is 1.26. The number of hydrogen-bond acceptors (Lipinski definition) is 5. The summed E-state index contributed by atoms with van der Waals surface area (Å²) in [6.07, 6.45) is 0.498. The third-order valence-electron chi connectivity index (χ3n) is 3.82. The van der Waals surface area contributed by atoms with E-state index in [0.717, 1.165) is 0 Å². The van der Waals surface area contributed by atoms with Crippen LogP contribution in [0.15, 0.2) is 34.9 Å². The molecule has 0 spiro atoms. The van der Waals surface area contributed by atoms with E-state index >= 15 is 0 Å². The van der Waals surface area contributed by atoms with Gasteiger partial charge in [-0.25, -0.2) is 0 Å². The number of aromatic nitrogens is 1. The number of hydrogen-bond donors (Lipinski definition) is 3. The van der Waals surface area contributed by atoms with Crippen molar-refractivity contribution < 1.29 is 18.9 Å². The molecule has 8 heteroatoms. The highest BCUT2D eigenvalue weighted by molar-refractivity contribution is 6.03. The van der Waals surface area contributed by atoms with Gasteiger partial charge >= 0.3 is 0 Å². The number of aryl methyl sites for hydroxylation is 1. The number of amides is 3. The molecule has 0 aliphatic heterocycles. The van der Waals surface area contributed by atoms with Crippen LogP contribution in [0.4, 0.5) is 17.2 Å². The maximum absolute atomic E-state index is 12.2. The largest absolute Gasteiger partial charge is 0.360 e. The minimum Gasteiger partial charge on any atom is -0.360 e. The molecule has 1 heterocycles. The third kappa shape index (κ3) is 4.23. The van der Waals surface area contributed by atoms with Crippen molar-refractivity contribution in [3.63, 3.8) is 0 Å². The van der Waals surface area contributed by atoms with Crippen LogP contribution in [-0.4, -0.2) is 22.9 Å². The summed E-state index contributed by atoms with van der Waals surface area (Å²) in [5, 5.41) is 11.8. The van der Waals surface area contributed by atoms with Crippen LogP contribution in [0.25, 0.3) is 0 Å².